The first-order valence-corrected chi connectivity index (χ1v) is 8.67. The predicted octanol–water partition coefficient (Wildman–Crippen LogP) is 3.06. The average molecular weight is 362 g/mol. The van der Waals surface area contributed by atoms with Crippen molar-refractivity contribution in [3.05, 3.63) is 29.8 Å². The van der Waals surface area contributed by atoms with Gasteiger partial charge in [0.1, 0.15) is 5.60 Å². The number of carbonyl (C=O) groups is 3. The molecule has 7 heteroatoms. The second-order valence-corrected chi connectivity index (χ2v) is 7.33. The van der Waals surface area contributed by atoms with E-state index < -0.39 is 17.7 Å². The van der Waals surface area contributed by atoms with Crippen LogP contribution < -0.4 is 5.32 Å². The molecule has 1 fully saturated rings. The molecule has 1 aliphatic rings. The standard InChI is InChI=1S/C19H26N2O5/c1-19(2,3)26-18(24)21-10-6-8-14(12-21)16(22)20-15-9-5-7-13(11-15)17(23)25-4/h5,7,9,11,14H,6,8,10,12H2,1-4H3,(H,20,22). The molecule has 1 heterocycles. The molecule has 142 valence electrons. The molecule has 1 aromatic rings. The van der Waals surface area contributed by atoms with Crippen molar-refractivity contribution < 1.29 is 23.9 Å². The largest absolute Gasteiger partial charge is 0.465 e. The summed E-state index contributed by atoms with van der Waals surface area (Å²) in [5.41, 5.74) is 0.317. The zero-order valence-electron chi connectivity index (χ0n) is 15.7. The summed E-state index contributed by atoms with van der Waals surface area (Å²) >= 11 is 0. The number of methoxy groups -OCH3 is 1. The zero-order chi connectivity index (χ0) is 19.3. The zero-order valence-corrected chi connectivity index (χ0v) is 15.7. The Kier molecular flexibility index (Phi) is 6.23. The molecule has 26 heavy (non-hydrogen) atoms. The van der Waals surface area contributed by atoms with Crippen molar-refractivity contribution in [3.63, 3.8) is 0 Å². The van der Waals surface area contributed by atoms with E-state index in [4.69, 9.17) is 4.74 Å². The van der Waals surface area contributed by atoms with Crippen molar-refractivity contribution in [3.8, 4) is 0 Å². The van der Waals surface area contributed by atoms with Crippen LogP contribution in [0, 0.1) is 5.92 Å². The molecular weight excluding hydrogens is 336 g/mol. The second kappa shape index (κ2) is 8.21. The van der Waals surface area contributed by atoms with E-state index in [-0.39, 0.29) is 11.8 Å². The quantitative estimate of drug-likeness (QED) is 0.836. The van der Waals surface area contributed by atoms with Crippen LogP contribution in [0.15, 0.2) is 24.3 Å². The summed E-state index contributed by atoms with van der Waals surface area (Å²) in [5.74, 6) is -0.965. The van der Waals surface area contributed by atoms with Gasteiger partial charge in [-0.3, -0.25) is 4.79 Å². The maximum atomic E-state index is 12.6. The number of hydrogen-bond acceptors (Lipinski definition) is 5. The highest BCUT2D eigenvalue weighted by Crippen LogP contribution is 2.21. The van der Waals surface area contributed by atoms with Gasteiger partial charge in [0.15, 0.2) is 0 Å². The summed E-state index contributed by atoms with van der Waals surface area (Å²) in [5, 5.41) is 2.81. The van der Waals surface area contributed by atoms with E-state index in [0.717, 1.165) is 6.42 Å². The van der Waals surface area contributed by atoms with Crippen molar-refractivity contribution in [1.29, 1.82) is 0 Å². The van der Waals surface area contributed by atoms with Crippen molar-refractivity contribution in [1.82, 2.24) is 4.90 Å². The molecule has 7 nitrogen and oxygen atoms in total. The molecular formula is C19H26N2O5. The van der Waals surface area contributed by atoms with E-state index in [0.29, 0.717) is 30.8 Å². The monoisotopic (exact) mass is 362 g/mol. The number of likely N-dealkylation sites (tertiary alicyclic amines) is 1. The van der Waals surface area contributed by atoms with E-state index in [2.05, 4.69) is 10.1 Å². The highest BCUT2D eigenvalue weighted by molar-refractivity contribution is 5.95. The van der Waals surface area contributed by atoms with E-state index in [1.807, 2.05) is 20.8 Å². The summed E-state index contributed by atoms with van der Waals surface area (Å²) in [6.07, 6.45) is 1.03. The van der Waals surface area contributed by atoms with Crippen molar-refractivity contribution in [2.75, 3.05) is 25.5 Å². The molecule has 0 saturated carbocycles. The van der Waals surface area contributed by atoms with Crippen LogP contribution in [0.3, 0.4) is 0 Å². The number of piperidine rings is 1. The summed E-state index contributed by atoms with van der Waals surface area (Å²) in [6.45, 7) is 6.34. The molecule has 2 rings (SSSR count). The second-order valence-electron chi connectivity index (χ2n) is 7.33. The Hall–Kier alpha value is -2.57. The Labute approximate surface area is 153 Å². The van der Waals surface area contributed by atoms with Crippen molar-refractivity contribution in [2.45, 2.75) is 39.2 Å². The molecule has 1 unspecified atom stereocenters. The van der Waals surface area contributed by atoms with Gasteiger partial charge < -0.3 is 19.7 Å². The van der Waals surface area contributed by atoms with Gasteiger partial charge in [-0.2, -0.15) is 0 Å². The number of carbonyl (C=O) groups excluding carboxylic acids is 3. The molecule has 0 spiro atoms. The van der Waals surface area contributed by atoms with Crippen molar-refractivity contribution >= 4 is 23.7 Å². The van der Waals surface area contributed by atoms with Gasteiger partial charge in [0.25, 0.3) is 0 Å². The lowest BCUT2D eigenvalue weighted by molar-refractivity contribution is -0.121. The number of ether oxygens (including phenoxy) is 2. The molecule has 0 aliphatic carbocycles. The predicted molar refractivity (Wildman–Crippen MR) is 96.9 cm³/mol. The van der Waals surface area contributed by atoms with Crippen LogP contribution in [0.1, 0.15) is 44.0 Å². The Balaban J connectivity index is 1.99. The fourth-order valence-electron chi connectivity index (χ4n) is 2.77. The maximum Gasteiger partial charge on any atom is 0.410 e. The highest BCUT2D eigenvalue weighted by Gasteiger charge is 2.31. The molecule has 0 aromatic heterocycles. The number of nitrogens with zero attached hydrogens (tertiary/aromatic N) is 1. The lowest BCUT2D eigenvalue weighted by Gasteiger charge is -2.33. The molecule has 0 bridgehead atoms. The van der Waals surface area contributed by atoms with Gasteiger partial charge in [0.05, 0.1) is 18.6 Å². The molecule has 1 aromatic carbocycles. The normalized spacial score (nSPS) is 17.4. The van der Waals surface area contributed by atoms with Crippen molar-refractivity contribution in [2.24, 2.45) is 5.92 Å². The third-order valence-corrected chi connectivity index (χ3v) is 4.00. The summed E-state index contributed by atoms with van der Waals surface area (Å²) < 4.78 is 10.1. The highest BCUT2D eigenvalue weighted by atomic mass is 16.6. The molecule has 0 radical (unpaired) electrons. The topological polar surface area (TPSA) is 84.9 Å². The Morgan fingerprint density at radius 1 is 1.23 bits per heavy atom. The van der Waals surface area contributed by atoms with E-state index in [9.17, 15) is 14.4 Å². The summed E-state index contributed by atoms with van der Waals surface area (Å²) in [4.78, 5) is 37.9. The smallest absolute Gasteiger partial charge is 0.410 e. The number of rotatable bonds is 3. The molecule has 1 saturated heterocycles. The SMILES string of the molecule is COC(=O)c1cccc(NC(=O)C2CCCN(C(=O)OC(C)(C)C)C2)c1. The molecule has 2 amide bonds. The number of esters is 1. The number of benzene rings is 1. The first kappa shape index (κ1) is 19.8. The minimum atomic E-state index is -0.569. The minimum absolute atomic E-state index is 0.180. The van der Waals surface area contributed by atoms with Gasteiger partial charge in [-0.05, 0) is 51.8 Å². The molecule has 1 aliphatic heterocycles. The third-order valence-electron chi connectivity index (χ3n) is 4.00. The first-order valence-electron chi connectivity index (χ1n) is 8.67. The number of hydrogen-bond donors (Lipinski definition) is 1. The Bertz CT molecular complexity index is 681. The van der Waals surface area contributed by atoms with Crippen LogP contribution in [0.25, 0.3) is 0 Å². The van der Waals surface area contributed by atoms with E-state index >= 15 is 0 Å². The van der Waals surface area contributed by atoms with Gasteiger partial charge in [0, 0.05) is 18.8 Å². The minimum Gasteiger partial charge on any atom is -0.465 e. The van der Waals surface area contributed by atoms with Crippen LogP contribution in [0.5, 0.6) is 0 Å². The Morgan fingerprint density at radius 3 is 2.62 bits per heavy atom. The van der Waals surface area contributed by atoms with Gasteiger partial charge >= 0.3 is 12.1 Å². The van der Waals surface area contributed by atoms with Crippen LogP contribution in [-0.4, -0.2) is 48.7 Å². The van der Waals surface area contributed by atoms with Crippen LogP contribution in [0.4, 0.5) is 10.5 Å². The van der Waals surface area contributed by atoms with Gasteiger partial charge in [-0.15, -0.1) is 0 Å². The van der Waals surface area contributed by atoms with E-state index in [1.165, 1.54) is 7.11 Å². The number of amides is 2. The van der Waals surface area contributed by atoms with E-state index in [1.54, 1.807) is 29.2 Å². The van der Waals surface area contributed by atoms with Gasteiger partial charge in [-0.25, -0.2) is 9.59 Å². The fourth-order valence-corrected chi connectivity index (χ4v) is 2.77. The van der Waals surface area contributed by atoms with Crippen LogP contribution in [0.2, 0.25) is 0 Å². The number of nitrogens with one attached hydrogen (secondary N) is 1. The van der Waals surface area contributed by atoms with Gasteiger partial charge in [0.2, 0.25) is 5.91 Å². The third kappa shape index (κ3) is 5.47. The summed E-state index contributed by atoms with van der Waals surface area (Å²) in [6, 6.07) is 6.57. The molecule has 1 N–H and O–H groups in total. The Morgan fingerprint density at radius 2 is 1.96 bits per heavy atom. The fraction of sp³-hybridized carbons (Fsp3) is 0.526. The average Bonchev–Trinajstić information content (AvgIpc) is 2.60. The van der Waals surface area contributed by atoms with Gasteiger partial charge in [-0.1, -0.05) is 6.07 Å². The number of anilines is 1. The van der Waals surface area contributed by atoms with Crippen LogP contribution >= 0.6 is 0 Å². The lowest BCUT2D eigenvalue weighted by Crippen LogP contribution is -2.45. The lowest BCUT2D eigenvalue weighted by atomic mass is 9.97. The summed E-state index contributed by atoms with van der Waals surface area (Å²) in [7, 11) is 1.31. The first-order chi connectivity index (χ1) is 12.2. The maximum absolute atomic E-state index is 12.6. The molecule has 1 atom stereocenters. The van der Waals surface area contributed by atoms with Crippen LogP contribution in [-0.2, 0) is 14.3 Å².